The standard InChI is InChI=1S/C16H24N2O/c17-9-14(19)16-7-11-4-12(8-16)6-15(5-11,10-16)13-2-1-3-18-13/h1-3,11-12,14,18-19H,4-10,17H2. The fraction of sp³-hybridized carbons (Fsp3) is 0.750. The summed E-state index contributed by atoms with van der Waals surface area (Å²) in [6, 6.07) is 4.36. The molecule has 0 spiro atoms. The minimum atomic E-state index is -0.312. The van der Waals surface area contributed by atoms with Gasteiger partial charge >= 0.3 is 0 Å². The zero-order valence-corrected chi connectivity index (χ0v) is 11.4. The Morgan fingerprint density at radius 2 is 2.05 bits per heavy atom. The summed E-state index contributed by atoms with van der Waals surface area (Å²) in [6.07, 6.45) is 9.25. The van der Waals surface area contributed by atoms with Crippen molar-refractivity contribution in [3.63, 3.8) is 0 Å². The smallest absolute Gasteiger partial charge is 0.0719 e. The molecule has 0 aliphatic heterocycles. The maximum Gasteiger partial charge on any atom is 0.0719 e. The Morgan fingerprint density at radius 3 is 2.63 bits per heavy atom. The van der Waals surface area contributed by atoms with Gasteiger partial charge in [0.1, 0.15) is 0 Å². The van der Waals surface area contributed by atoms with Crippen molar-refractivity contribution in [2.24, 2.45) is 23.0 Å². The van der Waals surface area contributed by atoms with Gasteiger partial charge in [-0.2, -0.15) is 0 Å². The number of H-pyrrole nitrogens is 1. The summed E-state index contributed by atoms with van der Waals surface area (Å²) in [5.74, 6) is 1.59. The van der Waals surface area contributed by atoms with Crippen LogP contribution in [0.5, 0.6) is 0 Å². The third kappa shape index (κ3) is 1.58. The predicted molar refractivity (Wildman–Crippen MR) is 74.6 cm³/mol. The molecule has 104 valence electrons. The van der Waals surface area contributed by atoms with Gasteiger partial charge in [-0.1, -0.05) is 0 Å². The van der Waals surface area contributed by atoms with Crippen molar-refractivity contribution >= 4 is 0 Å². The van der Waals surface area contributed by atoms with Gasteiger partial charge < -0.3 is 15.8 Å². The Bertz CT molecular complexity index is 453. The number of hydrogen-bond acceptors (Lipinski definition) is 2. The Balaban J connectivity index is 1.76. The van der Waals surface area contributed by atoms with E-state index in [-0.39, 0.29) is 11.5 Å². The number of aromatic nitrogens is 1. The third-order valence-corrected chi connectivity index (χ3v) is 6.21. The van der Waals surface area contributed by atoms with Crippen LogP contribution in [-0.2, 0) is 5.41 Å². The second kappa shape index (κ2) is 3.86. The molecular formula is C16H24N2O. The van der Waals surface area contributed by atoms with E-state index in [9.17, 15) is 5.11 Å². The number of aliphatic hydroxyl groups excluding tert-OH is 1. The van der Waals surface area contributed by atoms with Crippen LogP contribution in [0.25, 0.3) is 0 Å². The van der Waals surface area contributed by atoms with Gasteiger partial charge in [0.2, 0.25) is 0 Å². The lowest BCUT2D eigenvalue weighted by Gasteiger charge is -2.63. The molecule has 0 radical (unpaired) electrons. The lowest BCUT2D eigenvalue weighted by atomic mass is 9.42. The summed E-state index contributed by atoms with van der Waals surface area (Å²) in [5, 5.41) is 10.5. The third-order valence-electron chi connectivity index (χ3n) is 6.21. The average Bonchev–Trinajstić information content (AvgIpc) is 2.90. The second-order valence-corrected chi connectivity index (χ2v) is 7.44. The first-order chi connectivity index (χ1) is 9.16. The van der Waals surface area contributed by atoms with Crippen molar-refractivity contribution in [1.29, 1.82) is 0 Å². The van der Waals surface area contributed by atoms with Gasteiger partial charge in [0, 0.05) is 23.9 Å². The van der Waals surface area contributed by atoms with Gasteiger partial charge in [-0.15, -0.1) is 0 Å². The molecule has 4 N–H and O–H groups in total. The number of nitrogens with two attached hydrogens (primary N) is 1. The molecule has 1 aromatic heterocycles. The Kier molecular flexibility index (Phi) is 2.43. The maximum absolute atomic E-state index is 10.5. The number of nitrogens with one attached hydrogen (secondary N) is 1. The highest BCUT2D eigenvalue weighted by atomic mass is 16.3. The highest BCUT2D eigenvalue weighted by Crippen LogP contribution is 2.66. The van der Waals surface area contributed by atoms with Crippen LogP contribution < -0.4 is 5.73 Å². The van der Waals surface area contributed by atoms with E-state index in [2.05, 4.69) is 17.1 Å². The molecule has 3 unspecified atom stereocenters. The van der Waals surface area contributed by atoms with Crippen LogP contribution in [-0.4, -0.2) is 22.7 Å². The molecule has 0 saturated heterocycles. The van der Waals surface area contributed by atoms with Crippen LogP contribution >= 0.6 is 0 Å². The Hall–Kier alpha value is -0.800. The molecule has 1 heterocycles. The van der Waals surface area contributed by atoms with Crippen molar-refractivity contribution < 1.29 is 5.11 Å². The monoisotopic (exact) mass is 260 g/mol. The first kappa shape index (κ1) is 12.0. The number of aliphatic hydroxyl groups is 1. The van der Waals surface area contributed by atoms with Crippen LogP contribution in [0.3, 0.4) is 0 Å². The largest absolute Gasteiger partial charge is 0.391 e. The van der Waals surface area contributed by atoms with E-state index < -0.39 is 0 Å². The zero-order valence-electron chi connectivity index (χ0n) is 11.4. The van der Waals surface area contributed by atoms with E-state index in [0.717, 1.165) is 18.3 Å². The van der Waals surface area contributed by atoms with Crippen LogP contribution in [0.4, 0.5) is 0 Å². The summed E-state index contributed by atoms with van der Waals surface area (Å²) >= 11 is 0. The van der Waals surface area contributed by atoms with E-state index in [1.54, 1.807) is 0 Å². The molecule has 3 nitrogen and oxygen atoms in total. The molecule has 1 aromatic rings. The Morgan fingerprint density at radius 1 is 1.32 bits per heavy atom. The van der Waals surface area contributed by atoms with Crippen LogP contribution in [0.2, 0.25) is 0 Å². The molecule has 4 aliphatic rings. The molecule has 0 amide bonds. The maximum atomic E-state index is 10.5. The van der Waals surface area contributed by atoms with Gasteiger partial charge in [-0.25, -0.2) is 0 Å². The van der Waals surface area contributed by atoms with E-state index in [1.165, 1.54) is 37.8 Å². The van der Waals surface area contributed by atoms with Crippen molar-refractivity contribution in [2.75, 3.05) is 6.54 Å². The van der Waals surface area contributed by atoms with E-state index >= 15 is 0 Å². The summed E-state index contributed by atoms with van der Waals surface area (Å²) in [5.41, 5.74) is 7.59. The first-order valence-corrected chi connectivity index (χ1v) is 7.68. The highest BCUT2D eigenvalue weighted by Gasteiger charge is 2.60. The highest BCUT2D eigenvalue weighted by molar-refractivity contribution is 5.25. The molecule has 4 aliphatic carbocycles. The minimum absolute atomic E-state index is 0.101. The molecule has 3 atom stereocenters. The summed E-state index contributed by atoms with van der Waals surface area (Å²) in [7, 11) is 0. The SMILES string of the molecule is NCC(O)C12CC3CC(CC(c4ccc[nH]4)(C3)C1)C2. The van der Waals surface area contributed by atoms with E-state index in [4.69, 9.17) is 5.73 Å². The van der Waals surface area contributed by atoms with Gasteiger partial charge in [0.25, 0.3) is 0 Å². The number of hydrogen-bond donors (Lipinski definition) is 3. The van der Waals surface area contributed by atoms with E-state index in [1.807, 2.05) is 6.20 Å². The summed E-state index contributed by atoms with van der Waals surface area (Å²) < 4.78 is 0. The minimum Gasteiger partial charge on any atom is -0.391 e. The normalized spacial score (nSPS) is 45.6. The Labute approximate surface area is 114 Å². The van der Waals surface area contributed by atoms with Crippen molar-refractivity contribution in [1.82, 2.24) is 4.98 Å². The molecule has 4 bridgehead atoms. The second-order valence-electron chi connectivity index (χ2n) is 7.44. The molecular weight excluding hydrogens is 236 g/mol. The van der Waals surface area contributed by atoms with Crippen LogP contribution in [0.15, 0.2) is 18.3 Å². The van der Waals surface area contributed by atoms with E-state index in [0.29, 0.717) is 12.0 Å². The van der Waals surface area contributed by atoms with Gasteiger partial charge in [-0.3, -0.25) is 0 Å². The van der Waals surface area contributed by atoms with Gasteiger partial charge in [0.05, 0.1) is 6.10 Å². The lowest BCUT2D eigenvalue weighted by Crippen LogP contribution is -2.59. The van der Waals surface area contributed by atoms with Crippen molar-refractivity contribution in [2.45, 2.75) is 50.0 Å². The summed E-state index contributed by atoms with van der Waals surface area (Å²) in [4.78, 5) is 3.46. The van der Waals surface area contributed by atoms with Gasteiger partial charge in [-0.05, 0) is 67.9 Å². The number of aromatic amines is 1. The first-order valence-electron chi connectivity index (χ1n) is 7.68. The molecule has 4 saturated carbocycles. The fourth-order valence-electron chi connectivity index (χ4n) is 5.95. The summed E-state index contributed by atoms with van der Waals surface area (Å²) in [6.45, 7) is 0.417. The average molecular weight is 260 g/mol. The lowest BCUT2D eigenvalue weighted by molar-refractivity contribution is -0.130. The number of rotatable bonds is 3. The molecule has 4 fully saturated rings. The fourth-order valence-corrected chi connectivity index (χ4v) is 5.95. The topological polar surface area (TPSA) is 62.0 Å². The van der Waals surface area contributed by atoms with Crippen LogP contribution in [0.1, 0.15) is 44.2 Å². The van der Waals surface area contributed by atoms with Crippen LogP contribution in [0, 0.1) is 17.3 Å². The van der Waals surface area contributed by atoms with Crippen molar-refractivity contribution in [3.8, 4) is 0 Å². The molecule has 19 heavy (non-hydrogen) atoms. The molecule has 5 rings (SSSR count). The predicted octanol–water partition coefficient (Wildman–Crippen LogP) is 2.17. The zero-order chi connectivity index (χ0) is 13.1. The molecule has 0 aromatic carbocycles. The molecule has 3 heteroatoms. The van der Waals surface area contributed by atoms with Gasteiger partial charge in [0.15, 0.2) is 0 Å². The van der Waals surface area contributed by atoms with Crippen molar-refractivity contribution in [3.05, 3.63) is 24.0 Å². The quantitative estimate of drug-likeness (QED) is 0.780.